The lowest BCUT2D eigenvalue weighted by Crippen LogP contribution is -2.35. The number of aromatic nitrogens is 2. The van der Waals surface area contributed by atoms with E-state index in [0.29, 0.717) is 29.2 Å². The van der Waals surface area contributed by atoms with Crippen molar-refractivity contribution in [1.29, 1.82) is 0 Å². The first-order valence-corrected chi connectivity index (χ1v) is 7.79. The number of nitrogens with two attached hydrogens (primary N) is 1. The van der Waals surface area contributed by atoms with Crippen molar-refractivity contribution in [2.24, 2.45) is 11.7 Å². The summed E-state index contributed by atoms with van der Waals surface area (Å²) in [6.45, 7) is 0.709. The van der Waals surface area contributed by atoms with Crippen LogP contribution < -0.4 is 16.6 Å². The van der Waals surface area contributed by atoms with Crippen LogP contribution in [-0.2, 0) is 6.54 Å². The van der Waals surface area contributed by atoms with Gasteiger partial charge >= 0.3 is 0 Å². The predicted molar refractivity (Wildman–Crippen MR) is 80.1 cm³/mol. The van der Waals surface area contributed by atoms with Gasteiger partial charge in [-0.25, -0.2) is 4.68 Å². The topological polar surface area (TPSA) is 72.9 Å². The van der Waals surface area contributed by atoms with Crippen LogP contribution in [0.3, 0.4) is 0 Å². The van der Waals surface area contributed by atoms with Gasteiger partial charge in [-0.05, 0) is 44.4 Å². The summed E-state index contributed by atoms with van der Waals surface area (Å²) in [6, 6.07) is 0.587. The number of hydrogen-bond donors (Lipinski definition) is 2. The van der Waals surface area contributed by atoms with E-state index in [4.69, 9.17) is 17.3 Å². The highest BCUT2D eigenvalue weighted by atomic mass is 35.5. The quantitative estimate of drug-likeness (QED) is 0.891. The van der Waals surface area contributed by atoms with Crippen LogP contribution in [0, 0.1) is 5.92 Å². The Morgan fingerprint density at radius 1 is 1.30 bits per heavy atom. The van der Waals surface area contributed by atoms with Crippen molar-refractivity contribution >= 4 is 17.3 Å². The lowest BCUT2D eigenvalue weighted by molar-refractivity contribution is 0.410. The highest BCUT2D eigenvalue weighted by molar-refractivity contribution is 6.33. The summed E-state index contributed by atoms with van der Waals surface area (Å²) in [4.78, 5) is 12.4. The van der Waals surface area contributed by atoms with E-state index in [9.17, 15) is 4.79 Å². The maximum absolute atomic E-state index is 12.4. The molecule has 6 heteroatoms. The van der Waals surface area contributed by atoms with Crippen molar-refractivity contribution in [3.8, 4) is 0 Å². The maximum Gasteiger partial charge on any atom is 0.291 e. The molecule has 1 aromatic rings. The smallest absolute Gasteiger partial charge is 0.291 e. The number of hydrogen-bond acceptors (Lipinski definition) is 4. The summed E-state index contributed by atoms with van der Waals surface area (Å²) in [7, 11) is 0. The van der Waals surface area contributed by atoms with Gasteiger partial charge in [0.1, 0.15) is 5.69 Å². The SMILES string of the molecule is NC1CCC(Nc2c(Cl)cnn(CC3CC3)c2=O)CC1. The average Bonchev–Trinajstić information content (AvgIpc) is 3.24. The molecule has 1 aromatic heterocycles. The van der Waals surface area contributed by atoms with Crippen molar-refractivity contribution in [2.45, 2.75) is 57.2 Å². The van der Waals surface area contributed by atoms with Crippen LogP contribution in [-0.4, -0.2) is 21.9 Å². The molecule has 3 rings (SSSR count). The molecule has 0 saturated heterocycles. The van der Waals surface area contributed by atoms with E-state index in [2.05, 4.69) is 10.4 Å². The molecule has 0 unspecified atom stereocenters. The molecule has 3 N–H and O–H groups in total. The number of rotatable bonds is 4. The van der Waals surface area contributed by atoms with Gasteiger partial charge in [0.25, 0.3) is 5.56 Å². The second kappa shape index (κ2) is 5.74. The third-order valence-electron chi connectivity index (χ3n) is 4.25. The summed E-state index contributed by atoms with van der Waals surface area (Å²) < 4.78 is 1.54. The molecular weight excluding hydrogens is 276 g/mol. The van der Waals surface area contributed by atoms with Crippen LogP contribution in [0.2, 0.25) is 5.02 Å². The molecule has 5 nitrogen and oxygen atoms in total. The van der Waals surface area contributed by atoms with Crippen LogP contribution in [0.5, 0.6) is 0 Å². The average molecular weight is 297 g/mol. The van der Waals surface area contributed by atoms with Crippen molar-refractivity contribution in [2.75, 3.05) is 5.32 Å². The molecule has 2 aliphatic rings. The third kappa shape index (κ3) is 3.15. The van der Waals surface area contributed by atoms with E-state index in [0.717, 1.165) is 25.7 Å². The molecule has 0 bridgehead atoms. The molecule has 2 saturated carbocycles. The van der Waals surface area contributed by atoms with Gasteiger partial charge in [-0.1, -0.05) is 11.6 Å². The summed E-state index contributed by atoms with van der Waals surface area (Å²) in [5, 5.41) is 7.86. The molecule has 0 amide bonds. The number of halogens is 1. The summed E-state index contributed by atoms with van der Waals surface area (Å²) in [6.07, 6.45) is 7.93. The zero-order valence-corrected chi connectivity index (χ0v) is 12.3. The molecule has 2 fully saturated rings. The van der Waals surface area contributed by atoms with Crippen molar-refractivity contribution in [1.82, 2.24) is 9.78 Å². The highest BCUT2D eigenvalue weighted by Crippen LogP contribution is 2.30. The van der Waals surface area contributed by atoms with Crippen LogP contribution >= 0.6 is 11.6 Å². The minimum atomic E-state index is -0.0979. The standard InChI is InChI=1S/C14H21ClN4O/c15-12-7-17-19(8-9-1-2-9)14(20)13(12)18-11-5-3-10(16)4-6-11/h7,9-11,18H,1-6,8,16H2. The molecule has 0 aromatic carbocycles. The van der Waals surface area contributed by atoms with Crippen LogP contribution in [0.1, 0.15) is 38.5 Å². The molecule has 20 heavy (non-hydrogen) atoms. The first kappa shape index (κ1) is 13.9. The third-order valence-corrected chi connectivity index (χ3v) is 4.53. The molecule has 0 aliphatic heterocycles. The fourth-order valence-electron chi connectivity index (χ4n) is 2.74. The molecular formula is C14H21ClN4O. The fraction of sp³-hybridized carbons (Fsp3) is 0.714. The van der Waals surface area contributed by atoms with E-state index < -0.39 is 0 Å². The molecule has 2 aliphatic carbocycles. The maximum atomic E-state index is 12.4. The molecule has 0 spiro atoms. The first-order chi connectivity index (χ1) is 9.63. The van der Waals surface area contributed by atoms with Gasteiger partial charge in [-0.2, -0.15) is 5.10 Å². The number of nitrogens with one attached hydrogen (secondary N) is 1. The molecule has 0 radical (unpaired) electrons. The Bertz CT molecular complexity index is 532. The Morgan fingerprint density at radius 2 is 2.00 bits per heavy atom. The number of anilines is 1. The zero-order valence-electron chi connectivity index (χ0n) is 11.5. The van der Waals surface area contributed by atoms with E-state index in [1.54, 1.807) is 10.9 Å². The van der Waals surface area contributed by atoms with Gasteiger partial charge in [-0.3, -0.25) is 4.79 Å². The van der Waals surface area contributed by atoms with Gasteiger partial charge < -0.3 is 11.1 Å². The summed E-state index contributed by atoms with van der Waals surface area (Å²) >= 11 is 6.14. The van der Waals surface area contributed by atoms with Crippen molar-refractivity contribution < 1.29 is 0 Å². The molecule has 110 valence electrons. The lowest BCUT2D eigenvalue weighted by atomic mass is 9.92. The van der Waals surface area contributed by atoms with Gasteiger partial charge in [0.05, 0.1) is 11.2 Å². The van der Waals surface area contributed by atoms with E-state index in [1.807, 2.05) is 0 Å². The Kier molecular flexibility index (Phi) is 3.98. The monoisotopic (exact) mass is 296 g/mol. The minimum Gasteiger partial charge on any atom is -0.377 e. The van der Waals surface area contributed by atoms with Crippen LogP contribution in [0.25, 0.3) is 0 Å². The van der Waals surface area contributed by atoms with Gasteiger partial charge in [-0.15, -0.1) is 0 Å². The van der Waals surface area contributed by atoms with E-state index >= 15 is 0 Å². The van der Waals surface area contributed by atoms with E-state index in [1.165, 1.54) is 12.8 Å². The highest BCUT2D eigenvalue weighted by Gasteiger charge is 2.25. The minimum absolute atomic E-state index is 0.0979. The van der Waals surface area contributed by atoms with E-state index in [-0.39, 0.29) is 11.6 Å². The Labute approximate surface area is 123 Å². The summed E-state index contributed by atoms with van der Waals surface area (Å²) in [5.74, 6) is 0.613. The fourth-order valence-corrected chi connectivity index (χ4v) is 2.92. The lowest BCUT2D eigenvalue weighted by Gasteiger charge is -2.27. The van der Waals surface area contributed by atoms with Crippen LogP contribution in [0.15, 0.2) is 11.0 Å². The largest absolute Gasteiger partial charge is 0.377 e. The second-order valence-corrected chi connectivity index (χ2v) is 6.46. The second-order valence-electron chi connectivity index (χ2n) is 6.05. The number of nitrogens with zero attached hydrogens (tertiary/aromatic N) is 2. The molecule has 0 atom stereocenters. The molecule has 1 heterocycles. The Balaban J connectivity index is 1.75. The van der Waals surface area contributed by atoms with Crippen LogP contribution in [0.4, 0.5) is 5.69 Å². The zero-order chi connectivity index (χ0) is 14.1. The first-order valence-electron chi connectivity index (χ1n) is 7.41. The Morgan fingerprint density at radius 3 is 2.65 bits per heavy atom. The Hall–Kier alpha value is -1.07. The van der Waals surface area contributed by atoms with Crippen molar-refractivity contribution in [3.05, 3.63) is 21.6 Å². The van der Waals surface area contributed by atoms with Crippen molar-refractivity contribution in [3.63, 3.8) is 0 Å². The van der Waals surface area contributed by atoms with Gasteiger partial charge in [0.2, 0.25) is 0 Å². The predicted octanol–water partition coefficient (Wildman–Crippen LogP) is 1.99. The summed E-state index contributed by atoms with van der Waals surface area (Å²) in [5.41, 5.74) is 6.31. The normalized spacial score (nSPS) is 26.5. The van der Waals surface area contributed by atoms with Gasteiger partial charge in [0, 0.05) is 18.6 Å². The van der Waals surface area contributed by atoms with Gasteiger partial charge in [0.15, 0.2) is 0 Å².